The van der Waals surface area contributed by atoms with Crippen molar-refractivity contribution in [2.24, 2.45) is 0 Å². The van der Waals surface area contributed by atoms with Crippen LogP contribution in [0.2, 0.25) is 0 Å². The second kappa shape index (κ2) is 6.91. The third kappa shape index (κ3) is 5.48. The molecule has 1 heterocycles. The molecular weight excluding hydrogens is 307 g/mol. The molecule has 0 saturated heterocycles. The van der Waals surface area contributed by atoms with Gasteiger partial charge in [-0.3, -0.25) is 4.79 Å². The van der Waals surface area contributed by atoms with Crippen LogP contribution in [-0.4, -0.2) is 27.5 Å². The van der Waals surface area contributed by atoms with Crippen molar-refractivity contribution in [1.29, 1.82) is 0 Å². The lowest BCUT2D eigenvalue weighted by molar-refractivity contribution is -0.151. The van der Waals surface area contributed by atoms with Crippen molar-refractivity contribution in [2.45, 2.75) is 38.0 Å². The van der Waals surface area contributed by atoms with E-state index in [4.69, 9.17) is 9.15 Å². The van der Waals surface area contributed by atoms with Crippen LogP contribution in [0.25, 0.3) is 0 Å². The van der Waals surface area contributed by atoms with Gasteiger partial charge in [-0.2, -0.15) is 0 Å². The highest BCUT2D eigenvalue weighted by Gasteiger charge is 2.17. The van der Waals surface area contributed by atoms with Crippen LogP contribution in [0.3, 0.4) is 0 Å². The Morgan fingerprint density at radius 2 is 2.14 bits per heavy atom. The monoisotopic (exact) mass is 324 g/mol. The fraction of sp³-hybridized carbons (Fsp3) is 0.400. The van der Waals surface area contributed by atoms with E-state index in [0.717, 1.165) is 17.3 Å². The van der Waals surface area contributed by atoms with E-state index in [0.29, 0.717) is 12.3 Å². The van der Waals surface area contributed by atoms with Gasteiger partial charge in [0.15, 0.2) is 0 Å². The molecule has 0 radical (unpaired) electrons. The lowest BCUT2D eigenvalue weighted by Crippen LogP contribution is -2.24. The van der Waals surface area contributed by atoms with Crippen LogP contribution in [0.5, 0.6) is 0 Å². The van der Waals surface area contributed by atoms with Crippen LogP contribution in [0.1, 0.15) is 32.2 Å². The van der Waals surface area contributed by atoms with Gasteiger partial charge in [0.25, 0.3) is 5.22 Å². The highest BCUT2D eigenvalue weighted by atomic mass is 32.2. The van der Waals surface area contributed by atoms with E-state index in [1.807, 2.05) is 0 Å². The third-order valence-corrected chi connectivity index (χ3v) is 3.22. The van der Waals surface area contributed by atoms with E-state index in [9.17, 15) is 9.18 Å². The molecule has 7 heteroatoms. The summed E-state index contributed by atoms with van der Waals surface area (Å²) >= 11 is 1.11. The first kappa shape index (κ1) is 16.5. The summed E-state index contributed by atoms with van der Waals surface area (Å²) in [5, 5.41) is 8.02. The molecule has 0 amide bonds. The van der Waals surface area contributed by atoms with Crippen LogP contribution in [-0.2, 0) is 16.0 Å². The Morgan fingerprint density at radius 1 is 1.36 bits per heavy atom. The van der Waals surface area contributed by atoms with Crippen molar-refractivity contribution in [3.8, 4) is 0 Å². The zero-order valence-electron chi connectivity index (χ0n) is 12.6. The van der Waals surface area contributed by atoms with Gasteiger partial charge in [-0.05, 0) is 38.5 Å². The summed E-state index contributed by atoms with van der Waals surface area (Å²) in [6.07, 6.45) is 0.345. The molecule has 2 rings (SSSR count). The van der Waals surface area contributed by atoms with Gasteiger partial charge < -0.3 is 9.15 Å². The van der Waals surface area contributed by atoms with E-state index < -0.39 is 5.60 Å². The van der Waals surface area contributed by atoms with Crippen molar-refractivity contribution in [1.82, 2.24) is 10.2 Å². The maximum atomic E-state index is 13.1. The summed E-state index contributed by atoms with van der Waals surface area (Å²) in [6.45, 7) is 5.41. The molecule has 0 fully saturated rings. The van der Waals surface area contributed by atoms with E-state index in [1.54, 1.807) is 32.9 Å². The number of hydrogen-bond donors (Lipinski definition) is 0. The molecule has 118 valence electrons. The number of ether oxygens (including phenoxy) is 1. The normalized spacial score (nSPS) is 11.5. The molecule has 0 unspecified atom stereocenters. The molecule has 2 aromatic rings. The first-order chi connectivity index (χ1) is 10.3. The van der Waals surface area contributed by atoms with Crippen molar-refractivity contribution in [3.63, 3.8) is 0 Å². The van der Waals surface area contributed by atoms with Crippen LogP contribution < -0.4 is 0 Å². The van der Waals surface area contributed by atoms with Crippen LogP contribution in [0, 0.1) is 5.82 Å². The van der Waals surface area contributed by atoms with Crippen LogP contribution in [0.15, 0.2) is 33.9 Å². The predicted octanol–water partition coefficient (Wildman–Crippen LogP) is 3.23. The molecule has 5 nitrogen and oxygen atoms in total. The minimum atomic E-state index is -0.519. The summed E-state index contributed by atoms with van der Waals surface area (Å²) < 4.78 is 23.7. The Balaban J connectivity index is 1.88. The third-order valence-electron chi connectivity index (χ3n) is 2.43. The molecule has 22 heavy (non-hydrogen) atoms. The number of esters is 1. The second-order valence-electron chi connectivity index (χ2n) is 5.64. The number of benzene rings is 1. The second-order valence-corrected chi connectivity index (χ2v) is 6.57. The Kier molecular flexibility index (Phi) is 5.18. The molecule has 0 saturated carbocycles. The number of nitrogens with zero attached hydrogens (tertiary/aromatic N) is 2. The highest BCUT2D eigenvalue weighted by Crippen LogP contribution is 2.19. The lowest BCUT2D eigenvalue weighted by atomic mass is 10.1. The standard InChI is InChI=1S/C15H17FN2O3S/c1-15(2,3)21-13(19)9-22-14-18-17-12(20-14)8-10-5-4-6-11(16)7-10/h4-7H,8-9H2,1-3H3. The first-order valence-corrected chi connectivity index (χ1v) is 7.72. The molecule has 0 aliphatic heterocycles. The van der Waals surface area contributed by atoms with Crippen molar-refractivity contribution in [3.05, 3.63) is 41.5 Å². The highest BCUT2D eigenvalue weighted by molar-refractivity contribution is 7.99. The molecular formula is C15H17FN2O3S. The van der Waals surface area contributed by atoms with Crippen molar-refractivity contribution >= 4 is 17.7 Å². The average molecular weight is 324 g/mol. The van der Waals surface area contributed by atoms with Gasteiger partial charge >= 0.3 is 5.97 Å². The van der Waals surface area contributed by atoms with Crippen LogP contribution >= 0.6 is 11.8 Å². The number of rotatable bonds is 5. The number of carbonyl (C=O) groups is 1. The number of hydrogen-bond acceptors (Lipinski definition) is 6. The SMILES string of the molecule is CC(C)(C)OC(=O)CSc1nnc(Cc2cccc(F)c2)o1. The van der Waals surface area contributed by atoms with Gasteiger partial charge in [-0.1, -0.05) is 23.9 Å². The van der Waals surface area contributed by atoms with E-state index in [2.05, 4.69) is 10.2 Å². The van der Waals surface area contributed by atoms with Gasteiger partial charge in [-0.15, -0.1) is 10.2 Å². The molecule has 1 aromatic carbocycles. The van der Waals surface area contributed by atoms with Gasteiger partial charge in [0, 0.05) is 0 Å². The topological polar surface area (TPSA) is 65.2 Å². The van der Waals surface area contributed by atoms with Crippen molar-refractivity contribution in [2.75, 3.05) is 5.75 Å². The predicted molar refractivity (Wildman–Crippen MR) is 80.1 cm³/mol. The fourth-order valence-corrected chi connectivity index (χ4v) is 2.24. The minimum Gasteiger partial charge on any atom is -0.459 e. The fourth-order valence-electron chi connectivity index (χ4n) is 1.68. The van der Waals surface area contributed by atoms with Gasteiger partial charge in [-0.25, -0.2) is 4.39 Å². The summed E-state index contributed by atoms with van der Waals surface area (Å²) in [5.41, 5.74) is 0.224. The maximum absolute atomic E-state index is 13.1. The van der Waals surface area contributed by atoms with E-state index in [1.165, 1.54) is 12.1 Å². The number of thioether (sulfide) groups is 1. The Labute approximate surface area is 132 Å². The Hall–Kier alpha value is -1.89. The molecule has 0 spiro atoms. The molecule has 0 bridgehead atoms. The minimum absolute atomic E-state index is 0.0961. The summed E-state index contributed by atoms with van der Waals surface area (Å²) in [7, 11) is 0. The van der Waals surface area contributed by atoms with E-state index in [-0.39, 0.29) is 22.8 Å². The van der Waals surface area contributed by atoms with Gasteiger partial charge in [0.1, 0.15) is 17.2 Å². The number of aromatic nitrogens is 2. The Morgan fingerprint density at radius 3 is 2.82 bits per heavy atom. The van der Waals surface area contributed by atoms with Gasteiger partial charge in [0.2, 0.25) is 5.89 Å². The van der Waals surface area contributed by atoms with Crippen LogP contribution in [0.4, 0.5) is 4.39 Å². The number of carbonyl (C=O) groups excluding carboxylic acids is 1. The lowest BCUT2D eigenvalue weighted by Gasteiger charge is -2.18. The molecule has 1 aromatic heterocycles. The average Bonchev–Trinajstić information content (AvgIpc) is 2.82. The molecule has 0 N–H and O–H groups in total. The maximum Gasteiger partial charge on any atom is 0.316 e. The van der Waals surface area contributed by atoms with E-state index >= 15 is 0 Å². The quantitative estimate of drug-likeness (QED) is 0.621. The molecule has 0 atom stereocenters. The van der Waals surface area contributed by atoms with Crippen molar-refractivity contribution < 1.29 is 18.3 Å². The Bertz CT molecular complexity index is 652. The summed E-state index contributed by atoms with van der Waals surface area (Å²) in [6, 6.07) is 6.19. The molecule has 0 aliphatic carbocycles. The molecule has 0 aliphatic rings. The van der Waals surface area contributed by atoms with Gasteiger partial charge in [0.05, 0.1) is 6.42 Å². The zero-order chi connectivity index (χ0) is 16.2. The summed E-state index contributed by atoms with van der Waals surface area (Å²) in [5.74, 6) is -0.185. The first-order valence-electron chi connectivity index (χ1n) is 6.73. The summed E-state index contributed by atoms with van der Waals surface area (Å²) in [4.78, 5) is 11.6. The zero-order valence-corrected chi connectivity index (χ0v) is 13.4. The largest absolute Gasteiger partial charge is 0.459 e. The smallest absolute Gasteiger partial charge is 0.316 e. The number of halogens is 1.